The van der Waals surface area contributed by atoms with Crippen LogP contribution < -0.4 is 5.32 Å². The van der Waals surface area contributed by atoms with Gasteiger partial charge in [0, 0.05) is 25.0 Å². The summed E-state index contributed by atoms with van der Waals surface area (Å²) < 4.78 is 0. The molecule has 2 rings (SSSR count). The first-order valence-corrected chi connectivity index (χ1v) is 6.05. The number of nitrogens with zero attached hydrogens (tertiary/aromatic N) is 4. The maximum Gasteiger partial charge on any atom is 0.254 e. The predicted molar refractivity (Wildman–Crippen MR) is 69.3 cm³/mol. The van der Waals surface area contributed by atoms with E-state index < -0.39 is 0 Å². The molecule has 0 aliphatic carbocycles. The van der Waals surface area contributed by atoms with Crippen LogP contribution in [0.25, 0.3) is 0 Å². The van der Waals surface area contributed by atoms with Gasteiger partial charge in [-0.1, -0.05) is 6.92 Å². The molecule has 0 radical (unpaired) electrons. The molecule has 1 amide bonds. The van der Waals surface area contributed by atoms with Gasteiger partial charge in [-0.15, -0.1) is 0 Å². The van der Waals surface area contributed by atoms with Crippen molar-refractivity contribution in [2.75, 3.05) is 0 Å². The summed E-state index contributed by atoms with van der Waals surface area (Å²) in [5.41, 5.74) is 2.00. The molecular weight excluding hydrogens is 242 g/mol. The molecule has 0 aliphatic rings. The molecule has 19 heavy (non-hydrogen) atoms. The van der Waals surface area contributed by atoms with Crippen molar-refractivity contribution in [2.45, 2.75) is 26.8 Å². The van der Waals surface area contributed by atoms with Crippen molar-refractivity contribution in [3.8, 4) is 0 Å². The Hall–Kier alpha value is -2.37. The molecule has 0 fully saturated rings. The van der Waals surface area contributed by atoms with E-state index in [1.165, 1.54) is 12.4 Å². The monoisotopic (exact) mass is 257 g/mol. The lowest BCUT2D eigenvalue weighted by molar-refractivity contribution is 0.0949. The van der Waals surface area contributed by atoms with Gasteiger partial charge in [-0.3, -0.25) is 14.8 Å². The molecule has 2 aromatic rings. The predicted octanol–water partition coefficient (Wildman–Crippen LogP) is 1.07. The van der Waals surface area contributed by atoms with E-state index in [1.807, 2.05) is 13.8 Å². The van der Waals surface area contributed by atoms with E-state index >= 15 is 0 Å². The van der Waals surface area contributed by atoms with Gasteiger partial charge in [0.15, 0.2) is 0 Å². The average Bonchev–Trinajstić information content (AvgIpc) is 2.46. The summed E-state index contributed by atoms with van der Waals surface area (Å²) in [6, 6.07) is 0. The van der Waals surface area contributed by atoms with Gasteiger partial charge < -0.3 is 5.32 Å². The second-order valence-electron chi connectivity index (χ2n) is 4.07. The topological polar surface area (TPSA) is 80.7 Å². The summed E-state index contributed by atoms with van der Waals surface area (Å²) in [4.78, 5) is 28.3. The number of carbonyl (C=O) groups is 1. The number of nitrogens with one attached hydrogen (secondary N) is 1. The van der Waals surface area contributed by atoms with Crippen LogP contribution >= 0.6 is 0 Å². The van der Waals surface area contributed by atoms with Crippen molar-refractivity contribution in [2.24, 2.45) is 0 Å². The Kier molecular flexibility index (Phi) is 4.12. The zero-order valence-corrected chi connectivity index (χ0v) is 10.9. The van der Waals surface area contributed by atoms with Crippen LogP contribution in [0, 0.1) is 6.92 Å². The van der Waals surface area contributed by atoms with E-state index in [0.717, 1.165) is 17.9 Å². The number of aromatic nitrogens is 4. The van der Waals surface area contributed by atoms with E-state index in [4.69, 9.17) is 0 Å². The molecule has 98 valence electrons. The van der Waals surface area contributed by atoms with Gasteiger partial charge >= 0.3 is 0 Å². The highest BCUT2D eigenvalue weighted by molar-refractivity contribution is 5.93. The molecule has 6 heteroatoms. The summed E-state index contributed by atoms with van der Waals surface area (Å²) >= 11 is 0. The lowest BCUT2D eigenvalue weighted by Gasteiger charge is -2.04. The molecule has 0 saturated heterocycles. The highest BCUT2D eigenvalue weighted by Gasteiger charge is 2.07. The number of aryl methyl sites for hydroxylation is 2. The van der Waals surface area contributed by atoms with Crippen molar-refractivity contribution < 1.29 is 4.79 Å². The first-order valence-electron chi connectivity index (χ1n) is 6.05. The van der Waals surface area contributed by atoms with Crippen LogP contribution in [-0.4, -0.2) is 25.8 Å². The van der Waals surface area contributed by atoms with Gasteiger partial charge in [0.25, 0.3) is 5.91 Å². The lowest BCUT2D eigenvalue weighted by Crippen LogP contribution is -2.23. The zero-order chi connectivity index (χ0) is 13.7. The van der Waals surface area contributed by atoms with Crippen LogP contribution in [0.1, 0.15) is 34.5 Å². The SMILES string of the molecule is CCc1ncc(C(=O)NCc2cnc(C)cn2)cn1. The molecular formula is C13H15N5O. The first kappa shape index (κ1) is 13.1. The van der Waals surface area contributed by atoms with Crippen molar-refractivity contribution in [3.05, 3.63) is 47.6 Å². The minimum Gasteiger partial charge on any atom is -0.346 e. The van der Waals surface area contributed by atoms with Gasteiger partial charge in [0.05, 0.1) is 29.7 Å². The maximum absolute atomic E-state index is 11.8. The smallest absolute Gasteiger partial charge is 0.254 e. The molecule has 1 N–H and O–H groups in total. The third-order valence-corrected chi connectivity index (χ3v) is 2.55. The van der Waals surface area contributed by atoms with Gasteiger partial charge in [0.2, 0.25) is 0 Å². The van der Waals surface area contributed by atoms with Crippen LogP contribution in [-0.2, 0) is 13.0 Å². The summed E-state index contributed by atoms with van der Waals surface area (Å²) in [7, 11) is 0. The fourth-order valence-corrected chi connectivity index (χ4v) is 1.44. The number of amides is 1. The summed E-state index contributed by atoms with van der Waals surface area (Å²) in [6.45, 7) is 4.16. The third-order valence-electron chi connectivity index (χ3n) is 2.55. The Morgan fingerprint density at radius 1 is 1.11 bits per heavy atom. The fraction of sp³-hybridized carbons (Fsp3) is 0.308. The minimum atomic E-state index is -0.218. The van der Waals surface area contributed by atoms with E-state index in [0.29, 0.717) is 17.8 Å². The first-order chi connectivity index (χ1) is 9.19. The van der Waals surface area contributed by atoms with Crippen LogP contribution in [0.3, 0.4) is 0 Å². The van der Waals surface area contributed by atoms with Gasteiger partial charge in [-0.05, 0) is 6.92 Å². The Labute approximate surface area is 111 Å². The molecule has 2 heterocycles. The molecule has 0 saturated carbocycles. The minimum absolute atomic E-state index is 0.218. The van der Waals surface area contributed by atoms with Crippen molar-refractivity contribution in [1.82, 2.24) is 25.3 Å². The Morgan fingerprint density at radius 3 is 2.42 bits per heavy atom. The Bertz CT molecular complexity index is 550. The van der Waals surface area contributed by atoms with E-state index in [9.17, 15) is 4.79 Å². The lowest BCUT2D eigenvalue weighted by atomic mass is 10.3. The fourth-order valence-electron chi connectivity index (χ4n) is 1.44. The largest absolute Gasteiger partial charge is 0.346 e. The van der Waals surface area contributed by atoms with E-state index in [1.54, 1.807) is 12.4 Å². The zero-order valence-electron chi connectivity index (χ0n) is 10.9. The summed E-state index contributed by atoms with van der Waals surface area (Å²) in [5.74, 6) is 0.506. The van der Waals surface area contributed by atoms with Gasteiger partial charge in [0.1, 0.15) is 5.82 Å². The molecule has 0 aromatic carbocycles. The Morgan fingerprint density at radius 2 is 1.84 bits per heavy atom. The number of carbonyl (C=O) groups excluding carboxylic acids is 1. The second-order valence-corrected chi connectivity index (χ2v) is 4.07. The average molecular weight is 257 g/mol. The van der Waals surface area contributed by atoms with E-state index in [2.05, 4.69) is 25.3 Å². The summed E-state index contributed by atoms with van der Waals surface area (Å²) in [6.07, 6.45) is 7.12. The second kappa shape index (κ2) is 5.99. The number of hydrogen-bond donors (Lipinski definition) is 1. The standard InChI is InChI=1S/C13H15N5O/c1-3-12-16-5-10(6-17-12)13(19)18-8-11-7-14-9(2)4-15-11/h4-7H,3,8H2,1-2H3,(H,18,19). The molecule has 2 aromatic heterocycles. The maximum atomic E-state index is 11.8. The number of rotatable bonds is 4. The highest BCUT2D eigenvalue weighted by atomic mass is 16.1. The van der Waals surface area contributed by atoms with Crippen molar-refractivity contribution in [3.63, 3.8) is 0 Å². The molecule has 0 unspecified atom stereocenters. The van der Waals surface area contributed by atoms with Gasteiger partial charge in [-0.25, -0.2) is 9.97 Å². The molecule has 0 atom stereocenters. The molecule has 0 spiro atoms. The Balaban J connectivity index is 1.95. The van der Waals surface area contributed by atoms with Crippen LogP contribution in [0.2, 0.25) is 0 Å². The molecule has 0 aliphatic heterocycles. The van der Waals surface area contributed by atoms with Crippen molar-refractivity contribution in [1.29, 1.82) is 0 Å². The normalized spacial score (nSPS) is 10.2. The quantitative estimate of drug-likeness (QED) is 0.886. The molecule has 0 bridgehead atoms. The van der Waals surface area contributed by atoms with Crippen LogP contribution in [0.4, 0.5) is 0 Å². The van der Waals surface area contributed by atoms with E-state index in [-0.39, 0.29) is 5.91 Å². The van der Waals surface area contributed by atoms with Crippen molar-refractivity contribution >= 4 is 5.91 Å². The van der Waals surface area contributed by atoms with Gasteiger partial charge in [-0.2, -0.15) is 0 Å². The number of hydrogen-bond acceptors (Lipinski definition) is 5. The van der Waals surface area contributed by atoms with Crippen LogP contribution in [0.15, 0.2) is 24.8 Å². The highest BCUT2D eigenvalue weighted by Crippen LogP contribution is 1.99. The third kappa shape index (κ3) is 3.54. The molecule has 6 nitrogen and oxygen atoms in total. The van der Waals surface area contributed by atoms with Crippen LogP contribution in [0.5, 0.6) is 0 Å². The summed E-state index contributed by atoms with van der Waals surface area (Å²) in [5, 5.41) is 2.75.